The van der Waals surface area contributed by atoms with E-state index in [1.165, 1.54) is 30.8 Å². The van der Waals surface area contributed by atoms with Crippen molar-refractivity contribution in [1.29, 1.82) is 0 Å². The zero-order valence-electron chi connectivity index (χ0n) is 37.3. The standard InChI is InChI=1S/C26H29NO6.C24H27NO4/c1-6-7-19-12-16(2)22(17(3)13-19)23-20(29)14-26(15-21(23)33-25(31)32-5)8-10-27(11-9-26)24(30)18(4)28;1-5-6-18-11-15(2)21(16(3)12-18)22-19(27)13-24(14-20(22)28)7-9-25(10-8-24)23(29)17(4)26/h12-13H,8-11,14-15H2,1-5H3;11-12,22H,7-10,13-14H2,1-4H3. The summed E-state index contributed by atoms with van der Waals surface area (Å²) in [4.78, 5) is 102. The molecule has 0 N–H and O–H groups in total. The van der Waals surface area contributed by atoms with E-state index in [1.54, 1.807) is 13.8 Å². The number of carbonyl (C=O) groups excluding carboxylic acids is 8. The van der Waals surface area contributed by atoms with Crippen molar-refractivity contribution in [3.63, 3.8) is 0 Å². The Labute approximate surface area is 364 Å². The number of allylic oxidation sites excluding steroid dienone is 2. The first-order valence-corrected chi connectivity index (χ1v) is 21.0. The minimum atomic E-state index is -0.875. The van der Waals surface area contributed by atoms with Gasteiger partial charge in [0.2, 0.25) is 11.6 Å². The molecule has 4 aliphatic rings. The second-order valence-electron chi connectivity index (χ2n) is 17.3. The van der Waals surface area contributed by atoms with E-state index in [0.717, 1.165) is 44.5 Å². The second kappa shape index (κ2) is 19.3. The number of ketones is 5. The molecule has 2 aliphatic carbocycles. The summed E-state index contributed by atoms with van der Waals surface area (Å²) < 4.78 is 10.3. The van der Waals surface area contributed by atoms with Gasteiger partial charge in [0.1, 0.15) is 23.2 Å². The van der Waals surface area contributed by atoms with Crippen molar-refractivity contribution in [3.05, 3.63) is 74.5 Å². The summed E-state index contributed by atoms with van der Waals surface area (Å²) in [6.45, 7) is 15.4. The van der Waals surface area contributed by atoms with Gasteiger partial charge in [0, 0.05) is 76.8 Å². The number of amides is 2. The Bertz CT molecular complexity index is 2330. The van der Waals surface area contributed by atoms with Gasteiger partial charge < -0.3 is 19.3 Å². The largest absolute Gasteiger partial charge is 0.513 e. The average molecular weight is 845 g/mol. The molecule has 2 aliphatic heterocycles. The first kappa shape index (κ1) is 46.9. The number of benzene rings is 2. The maximum absolute atomic E-state index is 13.5. The van der Waals surface area contributed by atoms with Crippen molar-refractivity contribution in [2.24, 2.45) is 10.8 Å². The van der Waals surface area contributed by atoms with E-state index in [2.05, 4.69) is 23.7 Å². The zero-order chi connectivity index (χ0) is 45.7. The van der Waals surface area contributed by atoms with Gasteiger partial charge in [-0.05, 0) is 136 Å². The number of aryl methyl sites for hydroxylation is 4. The predicted molar refractivity (Wildman–Crippen MR) is 231 cm³/mol. The number of methoxy groups -OCH3 is 1. The lowest BCUT2D eigenvalue weighted by atomic mass is 9.62. The van der Waals surface area contributed by atoms with Gasteiger partial charge in [0.25, 0.3) is 11.8 Å². The Morgan fingerprint density at radius 2 is 1.03 bits per heavy atom. The normalized spacial score (nSPS) is 18.2. The minimum absolute atomic E-state index is 0.0341. The summed E-state index contributed by atoms with van der Waals surface area (Å²) in [7, 11) is 1.23. The third-order valence-corrected chi connectivity index (χ3v) is 12.8. The molecule has 326 valence electrons. The molecule has 0 bridgehead atoms. The molecule has 2 spiro atoms. The molecular formula is C50H56N2O10. The van der Waals surface area contributed by atoms with Crippen LogP contribution in [0, 0.1) is 62.2 Å². The second-order valence-corrected chi connectivity index (χ2v) is 17.3. The van der Waals surface area contributed by atoms with E-state index in [-0.39, 0.29) is 29.2 Å². The van der Waals surface area contributed by atoms with Gasteiger partial charge in [0.15, 0.2) is 5.78 Å². The van der Waals surface area contributed by atoms with Crippen LogP contribution >= 0.6 is 0 Å². The molecule has 2 saturated heterocycles. The van der Waals surface area contributed by atoms with Gasteiger partial charge in [-0.1, -0.05) is 11.8 Å². The average Bonchev–Trinajstić information content (AvgIpc) is 3.20. The third-order valence-electron chi connectivity index (χ3n) is 12.8. The van der Waals surface area contributed by atoms with Crippen LogP contribution in [0.5, 0.6) is 0 Å². The number of piperidine rings is 2. The van der Waals surface area contributed by atoms with Crippen LogP contribution in [-0.4, -0.2) is 90.0 Å². The van der Waals surface area contributed by atoms with Crippen LogP contribution in [0.3, 0.4) is 0 Å². The van der Waals surface area contributed by atoms with Crippen LogP contribution in [0.15, 0.2) is 30.0 Å². The minimum Gasteiger partial charge on any atom is -0.437 e. The molecule has 12 nitrogen and oxygen atoms in total. The first-order valence-electron chi connectivity index (χ1n) is 21.0. The lowest BCUT2D eigenvalue weighted by molar-refractivity contribution is -0.147. The van der Waals surface area contributed by atoms with Gasteiger partial charge in [0.05, 0.1) is 12.7 Å². The molecule has 2 heterocycles. The Kier molecular flexibility index (Phi) is 14.6. The summed E-state index contributed by atoms with van der Waals surface area (Å²) in [5, 5.41) is 0. The Morgan fingerprint density at radius 1 is 0.629 bits per heavy atom. The van der Waals surface area contributed by atoms with Crippen molar-refractivity contribution in [2.75, 3.05) is 33.3 Å². The Hall–Kier alpha value is -6.14. The topological polar surface area (TPSA) is 161 Å². The monoisotopic (exact) mass is 844 g/mol. The smallest absolute Gasteiger partial charge is 0.437 e. The highest BCUT2D eigenvalue weighted by Crippen LogP contribution is 2.49. The zero-order valence-corrected chi connectivity index (χ0v) is 37.3. The molecule has 2 aromatic carbocycles. The quantitative estimate of drug-likeness (QED) is 0.139. The van der Waals surface area contributed by atoms with E-state index >= 15 is 0 Å². The Balaban J connectivity index is 0.000000236. The van der Waals surface area contributed by atoms with E-state index < -0.39 is 40.9 Å². The summed E-state index contributed by atoms with van der Waals surface area (Å²) in [6, 6.07) is 7.72. The van der Waals surface area contributed by atoms with Gasteiger partial charge in [-0.15, -0.1) is 11.8 Å². The Morgan fingerprint density at radius 3 is 1.42 bits per heavy atom. The molecule has 0 unspecified atom stereocenters. The van der Waals surface area contributed by atoms with E-state index in [1.807, 2.05) is 52.0 Å². The van der Waals surface area contributed by atoms with Crippen molar-refractivity contribution >= 4 is 52.5 Å². The molecule has 1 saturated carbocycles. The van der Waals surface area contributed by atoms with Crippen molar-refractivity contribution < 1.29 is 47.8 Å². The van der Waals surface area contributed by atoms with Crippen LogP contribution in [0.25, 0.3) is 5.57 Å². The molecule has 0 aromatic heterocycles. The van der Waals surface area contributed by atoms with Crippen LogP contribution in [0.2, 0.25) is 0 Å². The number of rotatable bonds is 5. The summed E-state index contributed by atoms with van der Waals surface area (Å²) in [6.07, 6.45) is 2.74. The fourth-order valence-electron chi connectivity index (χ4n) is 9.83. The van der Waals surface area contributed by atoms with Crippen LogP contribution in [0.1, 0.15) is 129 Å². The lowest BCUT2D eigenvalue weighted by Gasteiger charge is -2.44. The number of nitrogens with zero attached hydrogens (tertiary/aromatic N) is 2. The number of ether oxygens (including phenoxy) is 2. The number of carbonyl (C=O) groups is 8. The van der Waals surface area contributed by atoms with Crippen molar-refractivity contribution in [2.45, 2.75) is 113 Å². The van der Waals surface area contributed by atoms with E-state index in [0.29, 0.717) is 82.5 Å². The van der Waals surface area contributed by atoms with E-state index in [4.69, 9.17) is 9.47 Å². The number of hydrogen-bond acceptors (Lipinski definition) is 10. The number of likely N-dealkylation sites (tertiary alicyclic amines) is 2. The van der Waals surface area contributed by atoms with Gasteiger partial charge in [-0.2, -0.15) is 0 Å². The summed E-state index contributed by atoms with van der Waals surface area (Å²) >= 11 is 0. The summed E-state index contributed by atoms with van der Waals surface area (Å²) in [5.74, 6) is 9.30. The molecule has 62 heavy (non-hydrogen) atoms. The molecule has 12 heteroatoms. The molecule has 6 rings (SSSR count). The molecule has 2 amide bonds. The van der Waals surface area contributed by atoms with Gasteiger partial charge in [-0.3, -0.25) is 33.6 Å². The molecule has 0 radical (unpaired) electrons. The first-order chi connectivity index (χ1) is 29.3. The fourth-order valence-corrected chi connectivity index (χ4v) is 9.83. The molecule has 0 atom stereocenters. The highest BCUT2D eigenvalue weighted by atomic mass is 16.7. The highest BCUT2D eigenvalue weighted by molar-refractivity contribution is 6.35. The lowest BCUT2D eigenvalue weighted by Crippen LogP contribution is -2.49. The van der Waals surface area contributed by atoms with E-state index in [9.17, 15) is 38.4 Å². The van der Waals surface area contributed by atoms with Gasteiger partial charge in [-0.25, -0.2) is 4.79 Å². The highest BCUT2D eigenvalue weighted by Gasteiger charge is 2.48. The molecule has 2 aromatic rings. The number of Topliss-reactive ketones (excluding diaryl/α,β-unsaturated/α-hetero) is 5. The fraction of sp³-hybridized carbons (Fsp3) is 0.480. The number of hydrogen-bond donors (Lipinski definition) is 0. The third kappa shape index (κ3) is 10.1. The van der Waals surface area contributed by atoms with Gasteiger partial charge >= 0.3 is 6.16 Å². The van der Waals surface area contributed by atoms with Crippen LogP contribution < -0.4 is 0 Å². The predicted octanol–water partition coefficient (Wildman–Crippen LogP) is 6.62. The SMILES string of the molecule is CC#Cc1cc(C)c(C2=C(OC(=O)OC)CC3(CCN(C(=O)C(C)=O)CC3)CC2=O)c(C)c1.CC#Cc1cc(C)c(C2C(=O)CC3(CCN(C(=O)C(C)=O)CC3)CC2=O)c(C)c1. The summed E-state index contributed by atoms with van der Waals surface area (Å²) in [5.41, 5.74) is 6.50. The van der Waals surface area contributed by atoms with Crippen molar-refractivity contribution in [1.82, 2.24) is 9.80 Å². The maximum atomic E-state index is 13.5. The van der Waals surface area contributed by atoms with Crippen LogP contribution in [0.4, 0.5) is 4.79 Å². The maximum Gasteiger partial charge on any atom is 0.513 e. The van der Waals surface area contributed by atoms with Crippen LogP contribution in [-0.2, 0) is 43.0 Å². The molecule has 3 fully saturated rings. The van der Waals surface area contributed by atoms with Crippen molar-refractivity contribution in [3.8, 4) is 23.7 Å². The molecular weight excluding hydrogens is 789 g/mol.